The summed E-state index contributed by atoms with van der Waals surface area (Å²) in [5.41, 5.74) is 15.2. The minimum absolute atomic E-state index is 0.693. The summed E-state index contributed by atoms with van der Waals surface area (Å²) < 4.78 is 12.4. The highest BCUT2D eigenvalue weighted by Crippen LogP contribution is 2.37. The molecular weight excluding hydrogens is 685 g/mol. The van der Waals surface area contributed by atoms with Crippen LogP contribution in [-0.2, 0) is 0 Å². The predicted molar refractivity (Wildman–Crippen MR) is 229 cm³/mol. The summed E-state index contributed by atoms with van der Waals surface area (Å²) >= 11 is 0. The predicted octanol–water partition coefficient (Wildman–Crippen LogP) is 14.3. The van der Waals surface area contributed by atoms with E-state index >= 15 is 0 Å². The first-order chi connectivity index (χ1) is 27.7. The molecule has 4 nitrogen and oxygen atoms in total. The van der Waals surface area contributed by atoms with Crippen molar-refractivity contribution in [3.05, 3.63) is 194 Å². The Morgan fingerprint density at radius 3 is 1.43 bits per heavy atom. The minimum atomic E-state index is 0.693. The number of fused-ring (bicyclic) bond motifs is 6. The molecule has 3 heterocycles. The average Bonchev–Trinajstić information content (AvgIpc) is 3.85. The molecule has 56 heavy (non-hydrogen) atoms. The fraction of sp³-hybridized carbons (Fsp3) is 0. The van der Waals surface area contributed by atoms with Crippen LogP contribution in [0.3, 0.4) is 0 Å². The number of hydrogen-bond acceptors (Lipinski definition) is 4. The molecule has 8 aromatic carbocycles. The van der Waals surface area contributed by atoms with Gasteiger partial charge in [-0.15, -0.1) is 0 Å². The van der Waals surface area contributed by atoms with Gasteiger partial charge in [0, 0.05) is 43.8 Å². The molecule has 0 unspecified atom stereocenters. The molecule has 11 rings (SSSR count). The van der Waals surface area contributed by atoms with Crippen molar-refractivity contribution in [2.75, 3.05) is 0 Å². The van der Waals surface area contributed by atoms with E-state index in [2.05, 4.69) is 152 Å². The van der Waals surface area contributed by atoms with Crippen LogP contribution in [-0.4, -0.2) is 9.97 Å². The Balaban J connectivity index is 0.907. The number of furan rings is 2. The first-order valence-electron chi connectivity index (χ1n) is 18.8. The molecule has 0 aliphatic rings. The van der Waals surface area contributed by atoms with E-state index in [0.717, 1.165) is 105 Å². The van der Waals surface area contributed by atoms with Crippen molar-refractivity contribution in [3.8, 4) is 67.3 Å². The Morgan fingerprint density at radius 1 is 0.286 bits per heavy atom. The largest absolute Gasteiger partial charge is 0.456 e. The van der Waals surface area contributed by atoms with Gasteiger partial charge in [0.25, 0.3) is 0 Å². The van der Waals surface area contributed by atoms with Gasteiger partial charge in [0.05, 0.1) is 11.4 Å². The van der Waals surface area contributed by atoms with Gasteiger partial charge >= 0.3 is 0 Å². The van der Waals surface area contributed by atoms with E-state index in [0.29, 0.717) is 5.82 Å². The van der Waals surface area contributed by atoms with Crippen LogP contribution in [0.25, 0.3) is 111 Å². The number of para-hydroxylation sites is 3. The van der Waals surface area contributed by atoms with Crippen molar-refractivity contribution < 1.29 is 8.83 Å². The normalized spacial score (nSPS) is 11.6. The molecule has 0 fully saturated rings. The minimum Gasteiger partial charge on any atom is -0.456 e. The summed E-state index contributed by atoms with van der Waals surface area (Å²) in [5, 5.41) is 4.52. The molecule has 0 aliphatic heterocycles. The summed E-state index contributed by atoms with van der Waals surface area (Å²) in [6, 6.07) is 67.4. The summed E-state index contributed by atoms with van der Waals surface area (Å²) in [4.78, 5) is 10.1. The van der Waals surface area contributed by atoms with E-state index in [9.17, 15) is 0 Å². The lowest BCUT2D eigenvalue weighted by atomic mass is 9.97. The molecule has 0 atom stereocenters. The highest BCUT2D eigenvalue weighted by molar-refractivity contribution is 6.09. The van der Waals surface area contributed by atoms with Crippen molar-refractivity contribution in [3.63, 3.8) is 0 Å². The molecule has 0 radical (unpaired) electrons. The van der Waals surface area contributed by atoms with E-state index in [4.69, 9.17) is 18.8 Å². The van der Waals surface area contributed by atoms with Gasteiger partial charge in [-0.3, -0.25) is 0 Å². The molecule has 0 bridgehead atoms. The van der Waals surface area contributed by atoms with Crippen molar-refractivity contribution in [1.82, 2.24) is 9.97 Å². The lowest BCUT2D eigenvalue weighted by Crippen LogP contribution is -1.96. The van der Waals surface area contributed by atoms with Crippen molar-refractivity contribution in [1.29, 1.82) is 0 Å². The molecule has 262 valence electrons. The van der Waals surface area contributed by atoms with Gasteiger partial charge in [-0.1, -0.05) is 164 Å². The summed E-state index contributed by atoms with van der Waals surface area (Å²) in [5.74, 6) is 0.693. The second kappa shape index (κ2) is 13.1. The van der Waals surface area contributed by atoms with E-state index in [-0.39, 0.29) is 0 Å². The standard InChI is InChI=1S/C52H32N2O2/c1-2-9-39(10-3-1)52-53-46(32-47(54-52)38-27-21-35(22-28-38)40-29-30-50-45(31-40)43-12-5-6-15-48(43)55-50)37-25-19-34(20-26-37)33-17-23-36(24-18-33)41-13-8-14-44-42-11-4-7-16-49(42)56-51(41)44/h1-32H. The molecular formula is C52H32N2O2. The van der Waals surface area contributed by atoms with Gasteiger partial charge in [0.1, 0.15) is 22.3 Å². The van der Waals surface area contributed by atoms with E-state index in [1.54, 1.807) is 0 Å². The third kappa shape index (κ3) is 5.55. The van der Waals surface area contributed by atoms with Crippen LogP contribution in [0.1, 0.15) is 0 Å². The molecule has 0 amide bonds. The summed E-state index contributed by atoms with van der Waals surface area (Å²) in [6.07, 6.45) is 0. The fourth-order valence-corrected chi connectivity index (χ4v) is 7.85. The highest BCUT2D eigenvalue weighted by atomic mass is 16.3. The van der Waals surface area contributed by atoms with Gasteiger partial charge < -0.3 is 8.83 Å². The number of aromatic nitrogens is 2. The fourth-order valence-electron chi connectivity index (χ4n) is 7.85. The van der Waals surface area contributed by atoms with Gasteiger partial charge in [-0.2, -0.15) is 0 Å². The number of rotatable bonds is 6. The topological polar surface area (TPSA) is 52.1 Å². The number of nitrogens with zero attached hydrogens (tertiary/aromatic N) is 2. The third-order valence-corrected chi connectivity index (χ3v) is 10.8. The molecule has 3 aromatic heterocycles. The maximum Gasteiger partial charge on any atom is 0.160 e. The average molecular weight is 717 g/mol. The summed E-state index contributed by atoms with van der Waals surface area (Å²) in [7, 11) is 0. The monoisotopic (exact) mass is 716 g/mol. The Morgan fingerprint density at radius 2 is 0.768 bits per heavy atom. The maximum absolute atomic E-state index is 6.31. The first kappa shape index (κ1) is 31.9. The van der Waals surface area contributed by atoms with Crippen molar-refractivity contribution in [2.45, 2.75) is 0 Å². The van der Waals surface area contributed by atoms with Crippen LogP contribution in [0, 0.1) is 0 Å². The molecule has 0 aliphatic carbocycles. The highest BCUT2D eigenvalue weighted by Gasteiger charge is 2.14. The second-order valence-corrected chi connectivity index (χ2v) is 14.1. The number of benzene rings is 8. The van der Waals surface area contributed by atoms with Crippen LogP contribution in [0.15, 0.2) is 203 Å². The van der Waals surface area contributed by atoms with Gasteiger partial charge in [0.2, 0.25) is 0 Å². The molecule has 0 N–H and O–H groups in total. The van der Waals surface area contributed by atoms with E-state index in [1.807, 2.05) is 42.5 Å². The molecule has 11 aromatic rings. The molecule has 0 spiro atoms. The van der Waals surface area contributed by atoms with Crippen LogP contribution < -0.4 is 0 Å². The van der Waals surface area contributed by atoms with Crippen LogP contribution in [0.2, 0.25) is 0 Å². The lowest BCUT2D eigenvalue weighted by molar-refractivity contribution is 0.669. The lowest BCUT2D eigenvalue weighted by Gasteiger charge is -2.11. The maximum atomic E-state index is 6.31. The Kier molecular flexibility index (Phi) is 7.46. The van der Waals surface area contributed by atoms with Crippen molar-refractivity contribution in [2.24, 2.45) is 0 Å². The zero-order chi connectivity index (χ0) is 37.0. The first-order valence-corrected chi connectivity index (χ1v) is 18.8. The van der Waals surface area contributed by atoms with Crippen LogP contribution in [0.5, 0.6) is 0 Å². The zero-order valence-corrected chi connectivity index (χ0v) is 30.2. The van der Waals surface area contributed by atoms with Crippen LogP contribution in [0.4, 0.5) is 0 Å². The van der Waals surface area contributed by atoms with Gasteiger partial charge in [-0.25, -0.2) is 9.97 Å². The second-order valence-electron chi connectivity index (χ2n) is 14.1. The Hall–Kier alpha value is -7.56. The van der Waals surface area contributed by atoms with Crippen LogP contribution >= 0.6 is 0 Å². The Bertz CT molecular complexity index is 3210. The SMILES string of the molecule is c1ccc(-c2nc(-c3ccc(-c4ccc(-c5cccc6c5oc5ccccc56)cc4)cc3)cc(-c3ccc(-c4ccc5oc6ccccc6c5c4)cc3)n2)cc1. The van der Waals surface area contributed by atoms with Crippen molar-refractivity contribution >= 4 is 43.9 Å². The van der Waals surface area contributed by atoms with E-state index in [1.165, 1.54) is 0 Å². The third-order valence-electron chi connectivity index (χ3n) is 10.8. The molecule has 0 saturated carbocycles. The summed E-state index contributed by atoms with van der Waals surface area (Å²) in [6.45, 7) is 0. The zero-order valence-electron chi connectivity index (χ0n) is 30.2. The quantitative estimate of drug-likeness (QED) is 0.172. The smallest absolute Gasteiger partial charge is 0.160 e. The molecule has 4 heteroatoms. The molecule has 0 saturated heterocycles. The van der Waals surface area contributed by atoms with E-state index < -0.39 is 0 Å². The number of hydrogen-bond donors (Lipinski definition) is 0. The van der Waals surface area contributed by atoms with Gasteiger partial charge in [0.15, 0.2) is 5.82 Å². The Labute approximate surface area is 323 Å². The van der Waals surface area contributed by atoms with Gasteiger partial charge in [-0.05, 0) is 58.1 Å².